The maximum atomic E-state index is 5.89. The number of hydrogen-bond donors (Lipinski definition) is 0. The maximum Gasteiger partial charge on any atom is 0.135 e. The summed E-state index contributed by atoms with van der Waals surface area (Å²) in [7, 11) is 0. The second-order valence-electron chi connectivity index (χ2n) is 17.3. The number of para-hydroxylation sites is 1. The Morgan fingerprint density at radius 3 is 1.40 bits per heavy atom. The molecule has 60 heavy (non-hydrogen) atoms. The van der Waals surface area contributed by atoms with Crippen LogP contribution in [0.25, 0.3) is 22.3 Å². The molecule has 0 aliphatic heterocycles. The molecule has 1 heterocycles. The van der Waals surface area contributed by atoms with Gasteiger partial charge in [0.05, 0.1) is 0 Å². The molecule has 0 fully saturated rings. The Kier molecular flexibility index (Phi) is 22.0. The fourth-order valence-electron chi connectivity index (χ4n) is 6.28. The van der Waals surface area contributed by atoms with Crippen LogP contribution >= 0.6 is 15.9 Å². The van der Waals surface area contributed by atoms with Crippen LogP contribution in [-0.2, 0) is 6.42 Å². The molecule has 0 spiro atoms. The molecule has 0 aliphatic carbocycles. The van der Waals surface area contributed by atoms with Gasteiger partial charge in [0, 0.05) is 15.4 Å². The summed E-state index contributed by atoms with van der Waals surface area (Å²) in [5, 5.41) is 1.16. The molecule has 1 aromatic heterocycles. The molecule has 0 N–H and O–H groups in total. The summed E-state index contributed by atoms with van der Waals surface area (Å²) >= 11 is 3.43. The fourth-order valence-corrected chi connectivity index (χ4v) is 6.70. The average Bonchev–Trinajstić information content (AvgIpc) is 3.69. The van der Waals surface area contributed by atoms with Gasteiger partial charge in [0.2, 0.25) is 0 Å². The lowest BCUT2D eigenvalue weighted by molar-refractivity contribution is 0.631. The van der Waals surface area contributed by atoms with Gasteiger partial charge in [-0.15, -0.1) is 0 Å². The van der Waals surface area contributed by atoms with Crippen LogP contribution in [0.3, 0.4) is 0 Å². The van der Waals surface area contributed by atoms with E-state index >= 15 is 0 Å². The molecule has 1 nitrogen and oxygen atoms in total. The quantitative estimate of drug-likeness (QED) is 0.141. The van der Waals surface area contributed by atoms with Gasteiger partial charge in [0.1, 0.15) is 11.3 Å². The van der Waals surface area contributed by atoms with Crippen LogP contribution in [0.5, 0.6) is 0 Å². The summed E-state index contributed by atoms with van der Waals surface area (Å²) in [5.41, 5.74) is 11.9. The largest absolute Gasteiger partial charge is 0.456 e. The van der Waals surface area contributed by atoms with Crippen molar-refractivity contribution in [3.05, 3.63) is 201 Å². The van der Waals surface area contributed by atoms with E-state index in [0.717, 1.165) is 22.3 Å². The lowest BCUT2D eigenvalue weighted by Crippen LogP contribution is -1.89. The van der Waals surface area contributed by atoms with E-state index in [9.17, 15) is 0 Å². The molecular formula is C58H73BrO. The van der Waals surface area contributed by atoms with Crippen molar-refractivity contribution >= 4 is 26.9 Å². The smallest absolute Gasteiger partial charge is 0.135 e. The zero-order valence-corrected chi connectivity index (χ0v) is 40.4. The van der Waals surface area contributed by atoms with Gasteiger partial charge < -0.3 is 4.42 Å². The SMILES string of the molecule is CC(C)c1cccc(-c2cc3ccccc3o2)c1.CC(C)c1cccc(Br)c1.CC(C)c1ccccc1.CCCCc1ccc(C(C)C)cc1.Cc1ccc(C(C)C)cc1. The predicted octanol–water partition coefficient (Wildman–Crippen LogP) is 18.9. The van der Waals surface area contributed by atoms with Crippen LogP contribution in [0.15, 0.2) is 167 Å². The summed E-state index contributed by atoms with van der Waals surface area (Å²) < 4.78 is 7.05. The van der Waals surface area contributed by atoms with Gasteiger partial charge in [0.15, 0.2) is 0 Å². The van der Waals surface area contributed by atoms with E-state index in [-0.39, 0.29) is 0 Å². The van der Waals surface area contributed by atoms with E-state index in [4.69, 9.17) is 4.42 Å². The van der Waals surface area contributed by atoms with Gasteiger partial charge in [-0.1, -0.05) is 231 Å². The van der Waals surface area contributed by atoms with Gasteiger partial charge in [-0.3, -0.25) is 0 Å². The van der Waals surface area contributed by atoms with E-state index in [1.807, 2.05) is 30.3 Å². The van der Waals surface area contributed by atoms with E-state index in [2.05, 4.69) is 226 Å². The minimum atomic E-state index is 0.536. The van der Waals surface area contributed by atoms with Crippen molar-refractivity contribution in [2.24, 2.45) is 0 Å². The van der Waals surface area contributed by atoms with Gasteiger partial charge >= 0.3 is 0 Å². The Morgan fingerprint density at radius 2 is 0.917 bits per heavy atom. The minimum absolute atomic E-state index is 0.536. The monoisotopic (exact) mass is 864 g/mol. The van der Waals surface area contributed by atoms with Crippen molar-refractivity contribution in [1.82, 2.24) is 0 Å². The maximum absolute atomic E-state index is 5.89. The summed E-state index contributed by atoms with van der Waals surface area (Å²) in [6.07, 6.45) is 3.82. The van der Waals surface area contributed by atoms with Gasteiger partial charge in [0.25, 0.3) is 0 Å². The highest BCUT2D eigenvalue weighted by atomic mass is 79.9. The number of furan rings is 1. The molecule has 0 aliphatic rings. The Bertz CT molecular complexity index is 2150. The highest BCUT2D eigenvalue weighted by molar-refractivity contribution is 9.10. The Balaban J connectivity index is 0.000000206. The van der Waals surface area contributed by atoms with Crippen molar-refractivity contribution in [2.75, 3.05) is 0 Å². The van der Waals surface area contributed by atoms with Gasteiger partial charge in [-0.05, 0) is 113 Å². The van der Waals surface area contributed by atoms with E-state index in [1.54, 1.807) is 0 Å². The van der Waals surface area contributed by atoms with E-state index < -0.39 is 0 Å². The number of rotatable bonds is 9. The minimum Gasteiger partial charge on any atom is -0.456 e. The third-order valence-electron chi connectivity index (χ3n) is 10.5. The van der Waals surface area contributed by atoms with E-state index in [1.165, 1.54) is 62.7 Å². The second kappa shape index (κ2) is 26.5. The Hall–Kier alpha value is -4.66. The number of unbranched alkanes of at least 4 members (excludes halogenated alkanes) is 1. The molecule has 2 heteroatoms. The van der Waals surface area contributed by atoms with Crippen molar-refractivity contribution in [1.29, 1.82) is 0 Å². The molecule has 0 unspecified atom stereocenters. The van der Waals surface area contributed by atoms with Crippen LogP contribution in [0.2, 0.25) is 0 Å². The van der Waals surface area contributed by atoms with Crippen LogP contribution in [-0.4, -0.2) is 0 Å². The number of fused-ring (bicyclic) bond motifs is 1. The highest BCUT2D eigenvalue weighted by Gasteiger charge is 2.08. The second-order valence-corrected chi connectivity index (χ2v) is 18.2. The molecule has 0 saturated heterocycles. The normalized spacial score (nSPS) is 10.7. The zero-order valence-electron chi connectivity index (χ0n) is 38.8. The molecular weight excluding hydrogens is 793 g/mol. The Morgan fingerprint density at radius 1 is 0.450 bits per heavy atom. The molecule has 0 atom stereocenters. The number of benzene rings is 6. The van der Waals surface area contributed by atoms with Gasteiger partial charge in [-0.25, -0.2) is 0 Å². The molecule has 0 saturated carbocycles. The summed E-state index contributed by atoms with van der Waals surface area (Å²) in [6.45, 7) is 26.5. The molecule has 6 aromatic carbocycles. The average molecular weight is 866 g/mol. The lowest BCUT2D eigenvalue weighted by Gasteiger charge is -2.06. The first-order valence-corrected chi connectivity index (χ1v) is 23.0. The standard InChI is InChI=1S/C17H16O.C13H20.C10H14.C9H11Br.C9H12/c1-12(2)13-7-5-8-14(10-13)17-11-15-6-3-4-9-16(15)18-17;1-4-5-6-12-7-9-13(10-8-12)11(2)3;1-8(2)10-6-4-9(3)5-7-10;1-7(2)8-4-3-5-9(10)6-8;1-8(2)9-6-4-3-5-7-9/h3-12H,1-2H3;7-11H,4-6H2,1-3H3;4-8H,1-3H3;3-7H,1-2H3;3-8H,1-2H3. The Labute approximate surface area is 373 Å². The molecule has 0 radical (unpaired) electrons. The zero-order chi connectivity index (χ0) is 44.0. The van der Waals surface area contributed by atoms with Crippen LogP contribution in [0, 0.1) is 6.92 Å². The van der Waals surface area contributed by atoms with Crippen molar-refractivity contribution in [3.63, 3.8) is 0 Å². The lowest BCUT2D eigenvalue weighted by atomic mass is 10.00. The third kappa shape index (κ3) is 17.9. The third-order valence-corrected chi connectivity index (χ3v) is 10.9. The van der Waals surface area contributed by atoms with Crippen molar-refractivity contribution < 1.29 is 4.42 Å². The number of aryl methyl sites for hydroxylation is 2. The summed E-state index contributed by atoms with van der Waals surface area (Å²) in [5.74, 6) is 4.07. The van der Waals surface area contributed by atoms with Crippen molar-refractivity contribution in [3.8, 4) is 11.3 Å². The topological polar surface area (TPSA) is 13.1 Å². The molecule has 7 rings (SSSR count). The predicted molar refractivity (Wildman–Crippen MR) is 269 cm³/mol. The summed E-state index contributed by atoms with van der Waals surface area (Å²) in [4.78, 5) is 0. The molecule has 7 aromatic rings. The highest BCUT2D eigenvalue weighted by Crippen LogP contribution is 2.29. The number of halogens is 1. The number of hydrogen-bond acceptors (Lipinski definition) is 1. The molecule has 0 bridgehead atoms. The molecule has 0 amide bonds. The molecule has 318 valence electrons. The first kappa shape index (κ1) is 49.7. The first-order valence-electron chi connectivity index (χ1n) is 22.2. The van der Waals surface area contributed by atoms with Crippen molar-refractivity contribution in [2.45, 2.75) is 132 Å². The fraction of sp³-hybridized carbons (Fsp3) is 0.345. The van der Waals surface area contributed by atoms with Crippen LogP contribution in [0.4, 0.5) is 0 Å². The van der Waals surface area contributed by atoms with Crippen LogP contribution in [0.1, 0.15) is 158 Å². The van der Waals surface area contributed by atoms with Crippen LogP contribution < -0.4 is 0 Å². The first-order chi connectivity index (χ1) is 28.7. The van der Waals surface area contributed by atoms with E-state index in [0.29, 0.717) is 29.6 Å². The van der Waals surface area contributed by atoms with Gasteiger partial charge in [-0.2, -0.15) is 0 Å². The summed E-state index contributed by atoms with van der Waals surface area (Å²) in [6, 6.07) is 55.5.